The summed E-state index contributed by atoms with van der Waals surface area (Å²) in [6.07, 6.45) is 0. The van der Waals surface area contributed by atoms with Crippen LogP contribution in [0.2, 0.25) is 0 Å². The summed E-state index contributed by atoms with van der Waals surface area (Å²) in [5.74, 6) is 0. The van der Waals surface area contributed by atoms with Crippen molar-refractivity contribution in [2.24, 2.45) is 0 Å². The van der Waals surface area contributed by atoms with E-state index in [0.717, 1.165) is 0 Å². The Morgan fingerprint density at radius 3 is 1.44 bits per heavy atom. The zero-order valence-corrected chi connectivity index (χ0v) is 4.13. The molecule has 0 aromatic rings. The highest BCUT2D eigenvalue weighted by Gasteiger charge is 1.79. The maximum atomic E-state index is 8.09. The second-order valence-electron chi connectivity index (χ2n) is 1.06. The first kappa shape index (κ1) is 15.9. The molecule has 0 fully saturated rings. The van der Waals surface area contributed by atoms with Gasteiger partial charge >= 0.3 is 0 Å². The van der Waals surface area contributed by atoms with E-state index in [4.69, 9.17) is 10.2 Å². The Morgan fingerprint density at radius 1 is 0.889 bits per heavy atom. The molecule has 0 saturated heterocycles. The number of hydrogen-bond acceptors (Lipinski definition) is 3. The van der Waals surface area contributed by atoms with Gasteiger partial charge in [0.1, 0.15) is 0 Å². The van der Waals surface area contributed by atoms with Crippen LogP contribution < -0.4 is 0 Å². The third kappa shape index (κ3) is 18.1. The van der Waals surface area contributed by atoms with E-state index < -0.39 is 0 Å². The minimum atomic E-state index is 0. The van der Waals surface area contributed by atoms with Gasteiger partial charge in [-0.25, -0.2) is 0 Å². The van der Waals surface area contributed by atoms with E-state index in [0.29, 0.717) is 13.2 Å². The normalized spacial score (nSPS) is 7.33. The molecule has 0 aromatic carbocycles. The highest BCUT2D eigenvalue weighted by molar-refractivity contribution is 4.24. The summed E-state index contributed by atoms with van der Waals surface area (Å²) in [4.78, 5) is 0. The average Bonchev–Trinajstić information content (AvgIpc) is 1.69. The lowest BCUT2D eigenvalue weighted by Gasteiger charge is -1.94. The summed E-state index contributed by atoms with van der Waals surface area (Å²) in [6.45, 7) is 0.696. The van der Waals surface area contributed by atoms with E-state index in [2.05, 4.69) is 4.74 Å². The van der Waals surface area contributed by atoms with Gasteiger partial charge in [0.25, 0.3) is 0 Å². The van der Waals surface area contributed by atoms with Gasteiger partial charge in [-0.1, -0.05) is 14.9 Å². The van der Waals surface area contributed by atoms with Gasteiger partial charge in [0.15, 0.2) is 0 Å². The van der Waals surface area contributed by atoms with Crippen LogP contribution in [0.25, 0.3) is 0 Å². The third-order valence-corrected chi connectivity index (χ3v) is 0.471. The van der Waals surface area contributed by atoms with Gasteiger partial charge in [0.05, 0.1) is 26.4 Å². The molecule has 0 saturated carbocycles. The van der Waals surface area contributed by atoms with Crippen molar-refractivity contribution in [1.82, 2.24) is 0 Å². The lowest BCUT2D eigenvalue weighted by molar-refractivity contribution is 0.0650. The molecule has 0 unspecified atom stereocenters. The molecule has 0 atom stereocenters. The fourth-order valence-electron chi connectivity index (χ4n) is 0.231. The van der Waals surface area contributed by atoms with Crippen LogP contribution in [0.5, 0.6) is 0 Å². The maximum Gasteiger partial charge on any atom is 0.0698 e. The fraction of sp³-hybridized carbons (Fsp3) is 1.00. The summed E-state index contributed by atoms with van der Waals surface area (Å²) in [7, 11) is 0. The van der Waals surface area contributed by atoms with Crippen LogP contribution in [-0.2, 0) is 4.74 Å². The van der Waals surface area contributed by atoms with Crippen molar-refractivity contribution in [2.75, 3.05) is 26.4 Å². The lowest BCUT2D eigenvalue weighted by Crippen LogP contribution is -2.03. The molecule has 2 N–H and O–H groups in total. The first-order valence-corrected chi connectivity index (χ1v) is 2.21. The second kappa shape index (κ2) is 15.7. The topological polar surface area (TPSA) is 49.7 Å². The van der Waals surface area contributed by atoms with Crippen molar-refractivity contribution < 1.29 is 14.9 Å². The van der Waals surface area contributed by atoms with E-state index in [1.54, 1.807) is 0 Å². The minimum Gasteiger partial charge on any atom is -0.394 e. The zero-order valence-electron chi connectivity index (χ0n) is 4.13. The summed E-state index contributed by atoms with van der Waals surface area (Å²) in [5, 5.41) is 16.2. The molecule has 0 aliphatic rings. The molecule has 3 heteroatoms. The molecule has 60 valence electrons. The molecular weight excluding hydrogens is 120 g/mol. The molecule has 0 aliphatic carbocycles. The largest absolute Gasteiger partial charge is 0.394 e. The molecular formula is C6H18O3. The van der Waals surface area contributed by atoms with Gasteiger partial charge in [-0.15, -0.1) is 0 Å². The highest BCUT2D eigenvalue weighted by atomic mass is 16.5. The summed E-state index contributed by atoms with van der Waals surface area (Å²) < 4.78 is 4.63. The zero-order chi connectivity index (χ0) is 5.54. The maximum absolute atomic E-state index is 8.09. The Labute approximate surface area is 57.3 Å². The molecule has 0 aliphatic heterocycles. The smallest absolute Gasteiger partial charge is 0.0698 e. The first-order valence-electron chi connectivity index (χ1n) is 2.21. The Morgan fingerprint density at radius 2 is 1.22 bits per heavy atom. The fourth-order valence-corrected chi connectivity index (χ4v) is 0.231. The second-order valence-corrected chi connectivity index (χ2v) is 1.06. The number of aliphatic hydroxyl groups excluding tert-OH is 2. The summed E-state index contributed by atoms with van der Waals surface area (Å²) in [6, 6.07) is 0. The van der Waals surface area contributed by atoms with E-state index in [9.17, 15) is 0 Å². The quantitative estimate of drug-likeness (QED) is 0.548. The Kier molecular flexibility index (Phi) is 27.8. The molecule has 0 radical (unpaired) electrons. The van der Waals surface area contributed by atoms with Crippen LogP contribution in [-0.4, -0.2) is 36.6 Å². The highest BCUT2D eigenvalue weighted by Crippen LogP contribution is 1.68. The van der Waals surface area contributed by atoms with Gasteiger partial charge < -0.3 is 14.9 Å². The van der Waals surface area contributed by atoms with Crippen LogP contribution in [0, 0.1) is 0 Å². The van der Waals surface area contributed by atoms with Gasteiger partial charge in [0.2, 0.25) is 0 Å². The Balaban J connectivity index is -0.000000180. The summed E-state index contributed by atoms with van der Waals surface area (Å²) in [5.41, 5.74) is 0. The monoisotopic (exact) mass is 138 g/mol. The van der Waals surface area contributed by atoms with E-state index in [-0.39, 0.29) is 28.1 Å². The van der Waals surface area contributed by atoms with E-state index in [1.165, 1.54) is 0 Å². The van der Waals surface area contributed by atoms with Crippen LogP contribution >= 0.6 is 0 Å². The van der Waals surface area contributed by atoms with E-state index in [1.807, 2.05) is 0 Å². The molecule has 0 amide bonds. The van der Waals surface area contributed by atoms with Crippen molar-refractivity contribution in [3.8, 4) is 0 Å². The number of rotatable bonds is 4. The Hall–Kier alpha value is -0.120. The molecule has 0 aromatic heterocycles. The van der Waals surface area contributed by atoms with Crippen molar-refractivity contribution in [1.29, 1.82) is 0 Å². The van der Waals surface area contributed by atoms with Gasteiger partial charge in [-0.3, -0.25) is 0 Å². The van der Waals surface area contributed by atoms with Gasteiger partial charge in [-0.2, -0.15) is 0 Å². The number of hydrogen-bond donors (Lipinski definition) is 2. The molecule has 9 heavy (non-hydrogen) atoms. The van der Waals surface area contributed by atoms with Crippen LogP contribution in [0.1, 0.15) is 14.9 Å². The van der Waals surface area contributed by atoms with Crippen LogP contribution in [0.4, 0.5) is 0 Å². The summed E-state index contributed by atoms with van der Waals surface area (Å²) >= 11 is 0. The predicted molar refractivity (Wildman–Crippen MR) is 38.5 cm³/mol. The third-order valence-electron chi connectivity index (χ3n) is 0.471. The van der Waals surface area contributed by atoms with Gasteiger partial charge in [-0.05, 0) is 0 Å². The molecule has 3 nitrogen and oxygen atoms in total. The average molecular weight is 138 g/mol. The minimum absolute atomic E-state index is 0. The van der Waals surface area contributed by atoms with Crippen LogP contribution in [0.3, 0.4) is 0 Å². The number of ether oxygens (including phenoxy) is 1. The molecule has 0 spiro atoms. The van der Waals surface area contributed by atoms with Gasteiger partial charge in [0, 0.05) is 0 Å². The van der Waals surface area contributed by atoms with E-state index >= 15 is 0 Å². The molecule has 0 rings (SSSR count). The van der Waals surface area contributed by atoms with Crippen molar-refractivity contribution in [3.05, 3.63) is 0 Å². The van der Waals surface area contributed by atoms with Crippen LogP contribution in [0.15, 0.2) is 0 Å². The molecule has 0 heterocycles. The van der Waals surface area contributed by atoms with Crippen molar-refractivity contribution in [2.45, 2.75) is 14.9 Å². The first-order chi connectivity index (χ1) is 3.41. The SMILES string of the molecule is C.C.OCCOCCO. The van der Waals surface area contributed by atoms with Crippen molar-refractivity contribution >= 4 is 0 Å². The lowest BCUT2D eigenvalue weighted by atomic mass is 10.7. The van der Waals surface area contributed by atoms with Crippen molar-refractivity contribution in [3.63, 3.8) is 0 Å². The molecule has 0 bridgehead atoms. The standard InChI is InChI=1S/C4H10O3.2CH4/c5-1-3-7-4-2-6;;/h5-6H,1-4H2;2*1H4. The Bertz CT molecular complexity index is 27.5. The predicted octanol–water partition coefficient (Wildman–Crippen LogP) is 0.260. The number of aliphatic hydroxyl groups is 2.